The maximum Gasteiger partial charge on any atom is 0.0452 e. The van der Waals surface area contributed by atoms with E-state index in [1.165, 1.54) is 29.7 Å². The molecule has 0 aliphatic rings. The standard InChI is InChI=1S/C14H21NS/c1-3-4-5-6-7-10-16-14-11-12(2)8-9-13(14)15/h3,8-9,11H,1,4-7,10,15H2,2H3. The third-order valence-electron chi connectivity index (χ3n) is 2.48. The lowest BCUT2D eigenvalue weighted by molar-refractivity contribution is 0.735. The summed E-state index contributed by atoms with van der Waals surface area (Å²) in [6.07, 6.45) is 6.92. The molecule has 2 heteroatoms. The SMILES string of the molecule is C=CCCCCCSc1cc(C)ccc1N. The summed E-state index contributed by atoms with van der Waals surface area (Å²) in [6, 6.07) is 6.22. The summed E-state index contributed by atoms with van der Waals surface area (Å²) in [6.45, 7) is 5.83. The van der Waals surface area contributed by atoms with Crippen LogP contribution in [0.15, 0.2) is 35.7 Å². The molecule has 0 amide bonds. The lowest BCUT2D eigenvalue weighted by atomic mass is 10.2. The molecule has 0 spiro atoms. The summed E-state index contributed by atoms with van der Waals surface area (Å²) in [4.78, 5) is 1.23. The zero-order chi connectivity index (χ0) is 11.8. The summed E-state index contributed by atoms with van der Waals surface area (Å²) in [5, 5.41) is 0. The van der Waals surface area contributed by atoms with Gasteiger partial charge in [0, 0.05) is 10.6 Å². The highest BCUT2D eigenvalue weighted by Crippen LogP contribution is 2.26. The third kappa shape index (κ3) is 4.75. The lowest BCUT2D eigenvalue weighted by Gasteiger charge is -2.06. The molecule has 0 aliphatic carbocycles. The molecule has 0 saturated carbocycles. The Balaban J connectivity index is 2.26. The fraction of sp³-hybridized carbons (Fsp3) is 0.429. The predicted octanol–water partition coefficient (Wildman–Crippen LogP) is 4.42. The predicted molar refractivity (Wildman–Crippen MR) is 75.0 cm³/mol. The largest absolute Gasteiger partial charge is 0.398 e. The Kier molecular flexibility index (Phi) is 6.09. The van der Waals surface area contributed by atoms with E-state index in [9.17, 15) is 0 Å². The number of hydrogen-bond acceptors (Lipinski definition) is 2. The maximum absolute atomic E-state index is 5.92. The van der Waals surface area contributed by atoms with Crippen molar-refractivity contribution in [3.63, 3.8) is 0 Å². The van der Waals surface area contributed by atoms with Gasteiger partial charge in [0.1, 0.15) is 0 Å². The second kappa shape index (κ2) is 7.39. The first-order valence-electron chi connectivity index (χ1n) is 5.84. The smallest absolute Gasteiger partial charge is 0.0452 e. The molecule has 0 aromatic heterocycles. The molecule has 1 aromatic rings. The number of thioether (sulfide) groups is 1. The Morgan fingerprint density at radius 3 is 2.88 bits per heavy atom. The normalized spacial score (nSPS) is 10.3. The lowest BCUT2D eigenvalue weighted by Crippen LogP contribution is -1.90. The Morgan fingerprint density at radius 1 is 1.31 bits per heavy atom. The fourth-order valence-corrected chi connectivity index (χ4v) is 2.59. The van der Waals surface area contributed by atoms with Crippen molar-refractivity contribution in [3.8, 4) is 0 Å². The minimum atomic E-state index is 0.904. The van der Waals surface area contributed by atoms with E-state index in [0.29, 0.717) is 0 Å². The molecule has 1 aromatic carbocycles. The van der Waals surface area contributed by atoms with Gasteiger partial charge in [-0.3, -0.25) is 0 Å². The van der Waals surface area contributed by atoms with E-state index in [2.05, 4.69) is 25.6 Å². The van der Waals surface area contributed by atoms with E-state index in [-0.39, 0.29) is 0 Å². The monoisotopic (exact) mass is 235 g/mol. The molecule has 1 rings (SSSR count). The van der Waals surface area contributed by atoms with Crippen LogP contribution in [0.2, 0.25) is 0 Å². The van der Waals surface area contributed by atoms with Crippen molar-refractivity contribution in [2.45, 2.75) is 37.5 Å². The van der Waals surface area contributed by atoms with Gasteiger partial charge < -0.3 is 5.73 Å². The molecule has 2 N–H and O–H groups in total. The van der Waals surface area contributed by atoms with Crippen LogP contribution in [0.1, 0.15) is 31.2 Å². The molecular formula is C14H21NS. The Bertz CT molecular complexity index is 334. The number of aryl methyl sites for hydroxylation is 1. The molecular weight excluding hydrogens is 214 g/mol. The number of nitrogens with two attached hydrogens (primary N) is 1. The van der Waals surface area contributed by atoms with Gasteiger partial charge >= 0.3 is 0 Å². The van der Waals surface area contributed by atoms with Crippen molar-refractivity contribution in [1.29, 1.82) is 0 Å². The quantitative estimate of drug-likeness (QED) is 0.328. The van der Waals surface area contributed by atoms with Crippen molar-refractivity contribution in [1.82, 2.24) is 0 Å². The highest BCUT2D eigenvalue weighted by molar-refractivity contribution is 7.99. The molecule has 0 atom stereocenters. The number of rotatable bonds is 7. The van der Waals surface area contributed by atoms with Crippen molar-refractivity contribution in [2.75, 3.05) is 11.5 Å². The van der Waals surface area contributed by atoms with E-state index in [1.54, 1.807) is 0 Å². The molecule has 0 heterocycles. The second-order valence-electron chi connectivity index (χ2n) is 4.03. The van der Waals surface area contributed by atoms with Crippen LogP contribution in [0.5, 0.6) is 0 Å². The van der Waals surface area contributed by atoms with Crippen LogP contribution in [0.3, 0.4) is 0 Å². The second-order valence-corrected chi connectivity index (χ2v) is 5.16. The van der Waals surface area contributed by atoms with Crippen LogP contribution < -0.4 is 5.73 Å². The number of benzene rings is 1. The van der Waals surface area contributed by atoms with Crippen molar-refractivity contribution >= 4 is 17.4 Å². The van der Waals surface area contributed by atoms with Gasteiger partial charge in [0.25, 0.3) is 0 Å². The molecule has 0 fully saturated rings. The van der Waals surface area contributed by atoms with Gasteiger partial charge in [-0.05, 0) is 49.6 Å². The zero-order valence-electron chi connectivity index (χ0n) is 10.0. The molecule has 0 saturated heterocycles. The van der Waals surface area contributed by atoms with E-state index in [1.807, 2.05) is 23.9 Å². The van der Waals surface area contributed by atoms with Crippen molar-refractivity contribution < 1.29 is 0 Å². The fourth-order valence-electron chi connectivity index (χ4n) is 1.52. The number of nitrogen functional groups attached to an aromatic ring is 1. The van der Waals surface area contributed by atoms with E-state index >= 15 is 0 Å². The van der Waals surface area contributed by atoms with Gasteiger partial charge in [-0.1, -0.05) is 18.6 Å². The van der Waals surface area contributed by atoms with E-state index in [4.69, 9.17) is 5.73 Å². The van der Waals surface area contributed by atoms with Gasteiger partial charge in [-0.2, -0.15) is 0 Å². The minimum absolute atomic E-state index is 0.904. The Morgan fingerprint density at radius 2 is 2.12 bits per heavy atom. The topological polar surface area (TPSA) is 26.0 Å². The van der Waals surface area contributed by atoms with Crippen LogP contribution >= 0.6 is 11.8 Å². The summed E-state index contributed by atoms with van der Waals surface area (Å²) in [5.74, 6) is 1.16. The highest BCUT2D eigenvalue weighted by Gasteiger charge is 1.99. The van der Waals surface area contributed by atoms with Gasteiger partial charge in [-0.15, -0.1) is 18.3 Å². The summed E-state index contributed by atoms with van der Waals surface area (Å²) >= 11 is 1.87. The van der Waals surface area contributed by atoms with Crippen LogP contribution in [0.4, 0.5) is 5.69 Å². The molecule has 0 unspecified atom stereocenters. The van der Waals surface area contributed by atoms with Gasteiger partial charge in [0.05, 0.1) is 0 Å². The van der Waals surface area contributed by atoms with Crippen LogP contribution in [-0.2, 0) is 0 Å². The number of unbranched alkanes of at least 4 members (excludes halogenated alkanes) is 3. The summed E-state index contributed by atoms with van der Waals surface area (Å²) in [7, 11) is 0. The first-order chi connectivity index (χ1) is 7.74. The molecule has 0 aliphatic heterocycles. The average molecular weight is 235 g/mol. The maximum atomic E-state index is 5.92. The first-order valence-corrected chi connectivity index (χ1v) is 6.82. The number of anilines is 1. The number of allylic oxidation sites excluding steroid dienone is 1. The summed E-state index contributed by atoms with van der Waals surface area (Å²) in [5.41, 5.74) is 8.10. The molecule has 0 bridgehead atoms. The summed E-state index contributed by atoms with van der Waals surface area (Å²) < 4.78 is 0. The number of hydrogen-bond donors (Lipinski definition) is 1. The Labute approximate surface area is 103 Å². The van der Waals surface area contributed by atoms with Gasteiger partial charge in [-0.25, -0.2) is 0 Å². The van der Waals surface area contributed by atoms with Gasteiger partial charge in [0.15, 0.2) is 0 Å². The van der Waals surface area contributed by atoms with Gasteiger partial charge in [0.2, 0.25) is 0 Å². The van der Waals surface area contributed by atoms with Crippen molar-refractivity contribution in [2.24, 2.45) is 0 Å². The minimum Gasteiger partial charge on any atom is -0.398 e. The molecule has 16 heavy (non-hydrogen) atoms. The molecule has 1 nitrogen and oxygen atoms in total. The average Bonchev–Trinajstić information content (AvgIpc) is 2.28. The molecule has 0 radical (unpaired) electrons. The van der Waals surface area contributed by atoms with E-state index in [0.717, 1.165) is 17.9 Å². The van der Waals surface area contributed by atoms with Crippen LogP contribution in [0.25, 0.3) is 0 Å². The third-order valence-corrected chi connectivity index (χ3v) is 3.64. The van der Waals surface area contributed by atoms with Crippen molar-refractivity contribution in [3.05, 3.63) is 36.4 Å². The zero-order valence-corrected chi connectivity index (χ0v) is 10.9. The van der Waals surface area contributed by atoms with Crippen LogP contribution in [-0.4, -0.2) is 5.75 Å². The Hall–Kier alpha value is -0.890. The van der Waals surface area contributed by atoms with E-state index < -0.39 is 0 Å². The first kappa shape index (κ1) is 13.2. The van der Waals surface area contributed by atoms with Crippen LogP contribution in [0, 0.1) is 6.92 Å². The highest BCUT2D eigenvalue weighted by atomic mass is 32.2. The molecule has 88 valence electrons.